The molecule has 2 atom stereocenters. The van der Waals surface area contributed by atoms with Gasteiger partial charge in [-0.05, 0) is 72.7 Å². The first kappa shape index (κ1) is 20.4. The lowest BCUT2D eigenvalue weighted by Crippen LogP contribution is -2.40. The van der Waals surface area contributed by atoms with E-state index in [1.54, 1.807) is 14.2 Å². The molecule has 0 spiro atoms. The van der Waals surface area contributed by atoms with Crippen molar-refractivity contribution in [1.82, 2.24) is 10.3 Å². The highest BCUT2D eigenvalue weighted by Crippen LogP contribution is 2.34. The predicted molar refractivity (Wildman–Crippen MR) is 120 cm³/mol. The highest BCUT2D eigenvalue weighted by Gasteiger charge is 2.29. The SMILES string of the molecule is COc1ccc(CCN[C@H]2CCc3ccccc3[C@H]2Cc2cccnc2)cc1OC. The van der Waals surface area contributed by atoms with Crippen molar-refractivity contribution in [1.29, 1.82) is 0 Å². The van der Waals surface area contributed by atoms with Crippen LogP contribution >= 0.6 is 0 Å². The summed E-state index contributed by atoms with van der Waals surface area (Å²) in [5.74, 6) is 2.02. The summed E-state index contributed by atoms with van der Waals surface area (Å²) >= 11 is 0. The Bertz CT molecular complexity index is 958. The molecule has 1 aliphatic carbocycles. The summed E-state index contributed by atoms with van der Waals surface area (Å²) in [4.78, 5) is 4.32. The predicted octanol–water partition coefficient (Wildman–Crippen LogP) is 4.57. The molecular weight excluding hydrogens is 372 g/mol. The van der Waals surface area contributed by atoms with Crippen LogP contribution in [0.25, 0.3) is 0 Å². The smallest absolute Gasteiger partial charge is 0.160 e. The Labute approximate surface area is 179 Å². The third kappa shape index (κ3) is 4.65. The van der Waals surface area contributed by atoms with Crippen molar-refractivity contribution in [2.75, 3.05) is 20.8 Å². The normalized spacial score (nSPS) is 17.9. The Kier molecular flexibility index (Phi) is 6.65. The van der Waals surface area contributed by atoms with Crippen molar-refractivity contribution in [3.8, 4) is 11.5 Å². The number of aryl methyl sites for hydroxylation is 1. The second-order valence-electron chi connectivity index (χ2n) is 7.91. The van der Waals surface area contributed by atoms with E-state index in [2.05, 4.69) is 52.8 Å². The summed E-state index contributed by atoms with van der Waals surface area (Å²) in [6, 6.07) is 19.8. The number of hydrogen-bond donors (Lipinski definition) is 1. The lowest BCUT2D eigenvalue weighted by molar-refractivity contribution is 0.354. The van der Waals surface area contributed by atoms with Crippen LogP contribution in [-0.4, -0.2) is 31.8 Å². The number of nitrogens with one attached hydrogen (secondary N) is 1. The fourth-order valence-electron chi connectivity index (χ4n) is 4.56. The first-order valence-electron chi connectivity index (χ1n) is 10.7. The molecule has 3 aromatic rings. The van der Waals surface area contributed by atoms with Gasteiger partial charge in [-0.3, -0.25) is 4.98 Å². The van der Waals surface area contributed by atoms with Gasteiger partial charge in [0, 0.05) is 24.4 Å². The van der Waals surface area contributed by atoms with E-state index in [9.17, 15) is 0 Å². The van der Waals surface area contributed by atoms with E-state index in [0.717, 1.165) is 43.7 Å². The zero-order valence-corrected chi connectivity index (χ0v) is 17.8. The summed E-state index contributed by atoms with van der Waals surface area (Å²) in [6.07, 6.45) is 8.10. The van der Waals surface area contributed by atoms with E-state index in [-0.39, 0.29) is 0 Å². The van der Waals surface area contributed by atoms with E-state index in [1.165, 1.54) is 22.3 Å². The van der Waals surface area contributed by atoms with Crippen LogP contribution in [0.2, 0.25) is 0 Å². The minimum atomic E-state index is 0.459. The first-order chi connectivity index (χ1) is 14.8. The van der Waals surface area contributed by atoms with Crippen LogP contribution in [0.1, 0.15) is 34.6 Å². The Balaban J connectivity index is 1.46. The highest BCUT2D eigenvalue weighted by atomic mass is 16.5. The number of methoxy groups -OCH3 is 2. The summed E-state index contributed by atoms with van der Waals surface area (Å²) in [5.41, 5.74) is 5.52. The maximum atomic E-state index is 5.44. The lowest BCUT2D eigenvalue weighted by atomic mass is 9.76. The van der Waals surface area contributed by atoms with Gasteiger partial charge < -0.3 is 14.8 Å². The highest BCUT2D eigenvalue weighted by molar-refractivity contribution is 5.43. The fourth-order valence-corrected chi connectivity index (χ4v) is 4.56. The summed E-state index contributed by atoms with van der Waals surface area (Å²) in [5, 5.41) is 3.85. The van der Waals surface area contributed by atoms with Crippen molar-refractivity contribution in [2.45, 2.75) is 37.6 Å². The number of hydrogen-bond acceptors (Lipinski definition) is 4. The zero-order chi connectivity index (χ0) is 20.8. The van der Waals surface area contributed by atoms with Gasteiger partial charge in [-0.25, -0.2) is 0 Å². The molecule has 0 unspecified atom stereocenters. The van der Waals surface area contributed by atoms with Gasteiger partial charge in [0.05, 0.1) is 14.2 Å². The molecule has 1 heterocycles. The average Bonchev–Trinajstić information content (AvgIpc) is 2.81. The van der Waals surface area contributed by atoms with Gasteiger partial charge in [0.1, 0.15) is 0 Å². The Morgan fingerprint density at radius 3 is 2.63 bits per heavy atom. The minimum Gasteiger partial charge on any atom is -0.493 e. The maximum absolute atomic E-state index is 5.44. The topological polar surface area (TPSA) is 43.4 Å². The quantitative estimate of drug-likeness (QED) is 0.599. The third-order valence-electron chi connectivity index (χ3n) is 6.11. The number of benzene rings is 2. The molecule has 0 saturated carbocycles. The third-order valence-corrected chi connectivity index (χ3v) is 6.11. The van der Waals surface area contributed by atoms with E-state index in [0.29, 0.717) is 12.0 Å². The van der Waals surface area contributed by atoms with Gasteiger partial charge in [-0.15, -0.1) is 0 Å². The first-order valence-corrected chi connectivity index (χ1v) is 10.7. The number of rotatable bonds is 8. The molecule has 4 nitrogen and oxygen atoms in total. The van der Waals surface area contributed by atoms with Gasteiger partial charge in [0.25, 0.3) is 0 Å². The summed E-state index contributed by atoms with van der Waals surface area (Å²) < 4.78 is 10.8. The molecule has 156 valence electrons. The molecule has 1 N–H and O–H groups in total. The molecule has 0 amide bonds. The van der Waals surface area contributed by atoms with E-state index in [4.69, 9.17) is 9.47 Å². The molecule has 0 saturated heterocycles. The Morgan fingerprint density at radius 2 is 1.83 bits per heavy atom. The van der Waals surface area contributed by atoms with Gasteiger partial charge in [-0.1, -0.05) is 36.4 Å². The molecular formula is C26H30N2O2. The van der Waals surface area contributed by atoms with Gasteiger partial charge in [0.15, 0.2) is 11.5 Å². The van der Waals surface area contributed by atoms with Crippen molar-refractivity contribution in [2.24, 2.45) is 0 Å². The average molecular weight is 403 g/mol. The molecule has 2 aromatic carbocycles. The molecule has 1 aromatic heterocycles. The fraction of sp³-hybridized carbons (Fsp3) is 0.346. The van der Waals surface area contributed by atoms with Crippen LogP contribution in [0.15, 0.2) is 67.0 Å². The number of ether oxygens (including phenoxy) is 2. The van der Waals surface area contributed by atoms with Crippen LogP contribution in [0.3, 0.4) is 0 Å². The van der Waals surface area contributed by atoms with Crippen LogP contribution in [0, 0.1) is 0 Å². The Hall–Kier alpha value is -2.85. The van der Waals surface area contributed by atoms with Crippen molar-refractivity contribution in [3.05, 3.63) is 89.2 Å². The number of nitrogens with zero attached hydrogens (tertiary/aromatic N) is 1. The second-order valence-corrected chi connectivity index (χ2v) is 7.91. The Morgan fingerprint density at radius 1 is 0.967 bits per heavy atom. The van der Waals surface area contributed by atoms with Crippen LogP contribution in [-0.2, 0) is 19.3 Å². The van der Waals surface area contributed by atoms with Crippen molar-refractivity contribution >= 4 is 0 Å². The summed E-state index contributed by atoms with van der Waals surface area (Å²) in [6.45, 7) is 0.936. The zero-order valence-electron chi connectivity index (χ0n) is 17.8. The summed E-state index contributed by atoms with van der Waals surface area (Å²) in [7, 11) is 3.35. The van der Waals surface area contributed by atoms with E-state index in [1.807, 2.05) is 24.5 Å². The monoisotopic (exact) mass is 402 g/mol. The van der Waals surface area contributed by atoms with Gasteiger partial charge >= 0.3 is 0 Å². The standard InChI is InChI=1S/C26H30N2O2/c1-29-25-12-9-19(17-26(25)30-2)13-15-28-24-11-10-21-7-3-4-8-22(21)23(24)16-20-6-5-14-27-18-20/h3-9,12,14,17-18,23-24,28H,10-11,13,15-16H2,1-2H3/t23-,24+/m1/s1. The molecule has 0 aliphatic heterocycles. The molecule has 0 bridgehead atoms. The van der Waals surface area contributed by atoms with Crippen LogP contribution < -0.4 is 14.8 Å². The van der Waals surface area contributed by atoms with E-state index < -0.39 is 0 Å². The van der Waals surface area contributed by atoms with Crippen LogP contribution in [0.5, 0.6) is 11.5 Å². The lowest BCUT2D eigenvalue weighted by Gasteiger charge is -2.34. The molecule has 30 heavy (non-hydrogen) atoms. The largest absolute Gasteiger partial charge is 0.493 e. The second kappa shape index (κ2) is 9.77. The van der Waals surface area contributed by atoms with Crippen molar-refractivity contribution in [3.63, 3.8) is 0 Å². The molecule has 0 radical (unpaired) electrons. The number of pyridine rings is 1. The van der Waals surface area contributed by atoms with Gasteiger partial charge in [-0.2, -0.15) is 0 Å². The van der Waals surface area contributed by atoms with E-state index >= 15 is 0 Å². The van der Waals surface area contributed by atoms with Crippen molar-refractivity contribution < 1.29 is 9.47 Å². The molecule has 1 aliphatic rings. The van der Waals surface area contributed by atoms with Gasteiger partial charge in [0.2, 0.25) is 0 Å². The number of fused-ring (bicyclic) bond motifs is 1. The number of aromatic nitrogens is 1. The van der Waals surface area contributed by atoms with Crippen LogP contribution in [0.4, 0.5) is 0 Å². The molecule has 4 rings (SSSR count). The molecule has 0 fully saturated rings. The molecule has 4 heteroatoms. The maximum Gasteiger partial charge on any atom is 0.160 e. The minimum absolute atomic E-state index is 0.459.